The van der Waals surface area contributed by atoms with Gasteiger partial charge in [0.1, 0.15) is 46.1 Å². The molecule has 12 aliphatic carbocycles. The van der Waals surface area contributed by atoms with Gasteiger partial charge in [0.2, 0.25) is 0 Å². The topological polar surface area (TPSA) is 142 Å². The fraction of sp³-hybridized carbons (Fsp3) is 0.611. The van der Waals surface area contributed by atoms with Crippen LogP contribution in [0.1, 0.15) is 224 Å². The molecule has 0 amide bonds. The number of carbonyl (C=O) groups is 4. The Morgan fingerprint density at radius 1 is 0.352 bits per heavy atom. The second-order valence-corrected chi connectivity index (χ2v) is 39.2. The first-order valence-corrected chi connectivity index (χ1v) is 40.5. The molecule has 464 valence electrons. The van der Waals surface area contributed by atoms with Crippen LogP contribution < -0.4 is 18.1 Å². The van der Waals surface area contributed by atoms with Gasteiger partial charge >= 0.3 is 21.2 Å². The van der Waals surface area contributed by atoms with E-state index < -0.39 is 21.2 Å². The van der Waals surface area contributed by atoms with Gasteiger partial charge in [-0.05, 0) is 315 Å². The summed E-state index contributed by atoms with van der Waals surface area (Å²) in [6.45, 7) is 1.06. The molecule has 4 aromatic rings. The zero-order valence-corrected chi connectivity index (χ0v) is 55.7. The first kappa shape index (κ1) is 57.9. The third-order valence-corrected chi connectivity index (χ3v) is 37.2. The Balaban J connectivity index is 0.762. The van der Waals surface area contributed by atoms with Crippen LogP contribution in [0.25, 0.3) is 0 Å². The number of Topliss-reactive ketones (excluding diaryl/α,β-unsaturated/α-hetero) is 4. The number of benzene rings is 4. The van der Waals surface area contributed by atoms with Crippen molar-refractivity contribution in [2.24, 2.45) is 82.5 Å². The minimum absolute atomic E-state index is 0.209. The van der Waals surface area contributed by atoms with Gasteiger partial charge < -0.3 is 18.1 Å². The van der Waals surface area contributed by atoms with Crippen LogP contribution in [0, 0.1) is 69.0 Å². The van der Waals surface area contributed by atoms with E-state index >= 15 is 0 Å². The fourth-order valence-electron chi connectivity index (χ4n) is 22.7. The molecule has 0 saturated heterocycles. The van der Waals surface area contributed by atoms with Crippen LogP contribution in [0.3, 0.4) is 0 Å². The lowest BCUT2D eigenvalue weighted by Crippen LogP contribution is -2.42. The Morgan fingerprint density at radius 2 is 0.625 bits per heavy atom. The molecule has 0 bridgehead atoms. The van der Waals surface area contributed by atoms with Crippen LogP contribution in [-0.2, 0) is 44.9 Å². The molecule has 2 unspecified atom stereocenters. The average molecular weight is 1280 g/mol. The van der Waals surface area contributed by atoms with Crippen molar-refractivity contribution in [3.05, 3.63) is 117 Å². The van der Waals surface area contributed by atoms with E-state index in [0.29, 0.717) is 143 Å². The number of halogens is 2. The van der Waals surface area contributed by atoms with Gasteiger partial charge in [-0.2, -0.15) is 0 Å². The van der Waals surface area contributed by atoms with E-state index in [1.165, 1.54) is 44.5 Å². The van der Waals surface area contributed by atoms with E-state index in [-0.39, 0.29) is 21.7 Å². The molecule has 13 aliphatic rings. The normalized spacial score (nSPS) is 41.8. The summed E-state index contributed by atoms with van der Waals surface area (Å²) in [6, 6.07) is 25.6. The maximum absolute atomic E-state index is 13.3. The SMILES string of the molecule is C[C@]12CC[C@@H]3c4ccc(OP5(Cl)=NP(Cl)(Oc6ccc7c(c6)CC[C@@H]6[C@@H]7CC[C@]7(C)C(=O)CC[C@@H]67)=NP(Oc6ccc7c(c6)CC[C@@H]6[C@@H]7CC[C@]7(C)C(=O)CC[C@@H]67)(Oc6ccc7c(c6)CC[C@@H]6[C@@H]7CC[C@]7(C)C(=O)CC[C@@H]67)=N5)cc4CC[C@H]3[C@@H]1CCC2=O. The summed E-state index contributed by atoms with van der Waals surface area (Å²) in [5.74, 6) is 9.01. The Labute approximate surface area is 529 Å². The Hall–Kier alpha value is -3.97. The van der Waals surface area contributed by atoms with Gasteiger partial charge in [0.15, 0.2) is 0 Å². The Bertz CT molecular complexity index is 3680. The standard InChI is InChI=1S/C72H84Cl2N3O8P3/c1-69-33-29-53-49-17-9-45(37-41(49)5-13-57(53)61(69)21-25-65(69)78)82-86(73)75-87(74,83-46-10-18-50-42(38-46)6-14-58-54(50)30-34-70(2)62(58)22-26-66(70)79)77-88(76-86,84-47-11-19-51-43(39-47)7-15-59-55(51)31-35-71(3)63(59)23-27-67(71)80)85-48-12-20-52-44(40-48)8-16-60-56(52)32-36-72(4)64(60)24-28-68(72)81/h9-12,17-20,37-40,53-64H,5-8,13-16,21-36H2,1-4H3/t53-,54-,55-,56-,57-,58-,59-,60-,61+,62+,63+,64+,69+,70+,71+,72+,86?,87?/m1/s1. The summed E-state index contributed by atoms with van der Waals surface area (Å²) in [7, 11) is -4.06. The van der Waals surface area contributed by atoms with E-state index in [0.717, 1.165) is 128 Å². The smallest absolute Gasteiger partial charge is 0.431 e. The molecule has 8 fully saturated rings. The van der Waals surface area contributed by atoms with Gasteiger partial charge in [-0.1, -0.05) is 52.0 Å². The molecule has 18 atom stereocenters. The fourth-order valence-corrected chi connectivity index (χ4v) is 34.2. The third-order valence-electron chi connectivity index (χ3n) is 27.2. The molecule has 0 radical (unpaired) electrons. The van der Waals surface area contributed by atoms with E-state index in [9.17, 15) is 19.2 Å². The summed E-state index contributed by atoms with van der Waals surface area (Å²) >= 11 is 16.1. The minimum atomic E-state index is -4.06. The molecule has 0 aromatic heterocycles. The van der Waals surface area contributed by atoms with Crippen molar-refractivity contribution in [3.63, 3.8) is 0 Å². The zero-order chi connectivity index (χ0) is 60.1. The van der Waals surface area contributed by atoms with Gasteiger partial charge in [0, 0.05) is 47.3 Å². The van der Waals surface area contributed by atoms with Crippen molar-refractivity contribution in [1.82, 2.24) is 0 Å². The van der Waals surface area contributed by atoms with Crippen LogP contribution in [0.4, 0.5) is 0 Å². The van der Waals surface area contributed by atoms with Crippen molar-refractivity contribution >= 4 is 66.8 Å². The number of hydrogen-bond donors (Lipinski definition) is 0. The second-order valence-electron chi connectivity index (χ2n) is 30.8. The van der Waals surface area contributed by atoms with Crippen LogP contribution in [-0.4, -0.2) is 23.1 Å². The van der Waals surface area contributed by atoms with E-state index in [1.807, 2.05) is 24.3 Å². The van der Waals surface area contributed by atoms with Crippen LogP contribution in [0.5, 0.6) is 23.0 Å². The highest BCUT2D eigenvalue weighted by Gasteiger charge is 2.59. The first-order chi connectivity index (χ1) is 42.2. The number of nitrogens with zero attached hydrogens (tertiary/aromatic N) is 3. The number of carbonyl (C=O) groups excluding carboxylic acids is 4. The van der Waals surface area contributed by atoms with Crippen molar-refractivity contribution in [2.75, 3.05) is 0 Å². The monoisotopic (exact) mass is 1280 g/mol. The van der Waals surface area contributed by atoms with Crippen LogP contribution >= 0.6 is 43.7 Å². The highest BCUT2D eigenvalue weighted by atomic mass is 35.7. The summed E-state index contributed by atoms with van der Waals surface area (Å²) in [5.41, 5.74) is 9.40. The van der Waals surface area contributed by atoms with Crippen molar-refractivity contribution < 1.29 is 37.3 Å². The lowest BCUT2D eigenvalue weighted by Gasteiger charge is -2.48. The number of rotatable bonds is 8. The van der Waals surface area contributed by atoms with Crippen molar-refractivity contribution in [3.8, 4) is 23.0 Å². The molecule has 0 spiro atoms. The zero-order valence-electron chi connectivity index (χ0n) is 51.5. The molecule has 4 aromatic carbocycles. The summed E-state index contributed by atoms with van der Waals surface area (Å²) < 4.78 is 45.1. The maximum Gasteiger partial charge on any atom is 0.457 e. The second kappa shape index (κ2) is 20.5. The van der Waals surface area contributed by atoms with Crippen LogP contribution in [0.15, 0.2) is 86.3 Å². The molecule has 0 N–H and O–H groups in total. The summed E-state index contributed by atoms with van der Waals surface area (Å²) in [6.07, 6.45) is 22.0. The third kappa shape index (κ3) is 8.90. The highest BCUT2D eigenvalue weighted by Crippen LogP contribution is 2.82. The minimum Gasteiger partial charge on any atom is -0.431 e. The Morgan fingerprint density at radius 3 is 0.920 bits per heavy atom. The van der Waals surface area contributed by atoms with Crippen molar-refractivity contribution in [1.29, 1.82) is 0 Å². The number of aryl methyl sites for hydroxylation is 4. The average Bonchev–Trinajstić information content (AvgIpc) is 1.48. The van der Waals surface area contributed by atoms with E-state index in [4.69, 9.17) is 54.1 Å². The van der Waals surface area contributed by atoms with E-state index in [2.05, 4.69) is 76.2 Å². The lowest BCUT2D eigenvalue weighted by atomic mass is 9.55. The van der Waals surface area contributed by atoms with Crippen molar-refractivity contribution in [2.45, 2.75) is 205 Å². The number of hydrogen-bond acceptors (Lipinski definition) is 11. The van der Waals surface area contributed by atoms with Gasteiger partial charge in [-0.3, -0.25) is 19.2 Å². The highest BCUT2D eigenvalue weighted by molar-refractivity contribution is 8.00. The van der Waals surface area contributed by atoms with Gasteiger partial charge in [0.05, 0.1) is 0 Å². The summed E-state index contributed by atoms with van der Waals surface area (Å²) in [5, 5.41) is 0. The number of ketones is 4. The summed E-state index contributed by atoms with van der Waals surface area (Å²) in [4.78, 5) is 53.2. The largest absolute Gasteiger partial charge is 0.457 e. The molecule has 88 heavy (non-hydrogen) atoms. The van der Waals surface area contributed by atoms with Gasteiger partial charge in [0.25, 0.3) is 0 Å². The molecule has 16 heteroatoms. The molecule has 17 rings (SSSR count). The predicted molar refractivity (Wildman–Crippen MR) is 347 cm³/mol. The molecular formula is C72H84Cl2N3O8P3. The maximum atomic E-state index is 13.3. The number of fused-ring (bicyclic) bond motifs is 20. The molecular weight excluding hydrogens is 1200 g/mol. The van der Waals surface area contributed by atoms with Gasteiger partial charge in [-0.25, -0.2) is 0 Å². The molecule has 11 nitrogen and oxygen atoms in total. The quantitative estimate of drug-likeness (QED) is 0.159. The predicted octanol–water partition coefficient (Wildman–Crippen LogP) is 20.3. The first-order valence-electron chi connectivity index (χ1n) is 34.0. The Kier molecular flexibility index (Phi) is 13.5. The van der Waals surface area contributed by atoms with Gasteiger partial charge in [-0.15, -0.1) is 13.5 Å². The van der Waals surface area contributed by atoms with Crippen LogP contribution in [0.2, 0.25) is 0 Å². The molecule has 1 heterocycles. The molecule has 1 aliphatic heterocycles. The van der Waals surface area contributed by atoms with E-state index in [1.54, 1.807) is 0 Å². The molecule has 8 saturated carbocycles. The lowest BCUT2D eigenvalue weighted by molar-refractivity contribution is -0.130.